The smallest absolute Gasteiger partial charge is 0.229 e. The van der Waals surface area contributed by atoms with E-state index in [9.17, 15) is 36.7 Å². The first kappa shape index (κ1) is 31.4. The monoisotopic (exact) mass is 554 g/mol. The molecular formula is C27H30F4N2O6. The Bertz CT molecular complexity index is 1290. The number of Topliss-reactive ketones (excluding diaryl/α,β-unsaturated/α-hetero) is 2. The molecule has 2 aromatic carbocycles. The zero-order chi connectivity index (χ0) is 29.9. The van der Waals surface area contributed by atoms with E-state index in [-0.39, 0.29) is 0 Å². The van der Waals surface area contributed by atoms with Gasteiger partial charge in [0.25, 0.3) is 0 Å². The lowest BCUT2D eigenvalue weighted by atomic mass is 9.94. The van der Waals surface area contributed by atoms with Crippen LogP contribution in [0.2, 0.25) is 0 Å². The molecule has 2 amide bonds. The Morgan fingerprint density at radius 3 is 1.64 bits per heavy atom. The number of methoxy groups -OCH3 is 1. The van der Waals surface area contributed by atoms with E-state index in [4.69, 9.17) is 9.47 Å². The topological polar surface area (TPSA) is 111 Å². The van der Waals surface area contributed by atoms with Gasteiger partial charge in [-0.1, -0.05) is 41.5 Å². The molecule has 0 fully saturated rings. The maximum atomic E-state index is 14.8. The fourth-order valence-corrected chi connectivity index (χ4v) is 3.04. The van der Waals surface area contributed by atoms with Gasteiger partial charge in [-0.3, -0.25) is 19.2 Å². The van der Waals surface area contributed by atoms with Crippen LogP contribution in [0.5, 0.6) is 5.75 Å². The molecule has 2 aromatic rings. The van der Waals surface area contributed by atoms with Crippen molar-refractivity contribution in [2.75, 3.05) is 24.5 Å². The van der Waals surface area contributed by atoms with Crippen LogP contribution in [0.4, 0.5) is 28.9 Å². The third-order valence-electron chi connectivity index (χ3n) is 5.31. The Labute approximate surface area is 223 Å². The Balaban J connectivity index is 2.50. The van der Waals surface area contributed by atoms with Crippen molar-refractivity contribution < 1.29 is 46.2 Å². The molecule has 8 nitrogen and oxygen atoms in total. The number of hydrogen-bond acceptors (Lipinski definition) is 6. The second kappa shape index (κ2) is 11.9. The van der Waals surface area contributed by atoms with Gasteiger partial charge in [0, 0.05) is 29.6 Å². The lowest BCUT2D eigenvalue weighted by Crippen LogP contribution is -2.29. The van der Waals surface area contributed by atoms with Gasteiger partial charge in [-0.05, 0) is 12.1 Å². The fourth-order valence-electron chi connectivity index (χ4n) is 3.04. The van der Waals surface area contributed by atoms with Crippen LogP contribution in [0.3, 0.4) is 0 Å². The molecule has 0 aliphatic heterocycles. The molecule has 12 heteroatoms. The van der Waals surface area contributed by atoms with Gasteiger partial charge in [-0.25, -0.2) is 17.6 Å². The van der Waals surface area contributed by atoms with Crippen molar-refractivity contribution in [2.24, 2.45) is 10.8 Å². The van der Waals surface area contributed by atoms with Crippen LogP contribution in [-0.2, 0) is 14.3 Å². The van der Waals surface area contributed by atoms with E-state index >= 15 is 0 Å². The lowest BCUT2D eigenvalue weighted by molar-refractivity contribution is -0.123. The van der Waals surface area contributed by atoms with Gasteiger partial charge in [0.05, 0.1) is 17.7 Å². The molecule has 0 heterocycles. The maximum absolute atomic E-state index is 14.8. The fraction of sp³-hybridized carbons (Fsp3) is 0.407. The highest BCUT2D eigenvalue weighted by molar-refractivity contribution is 6.17. The molecule has 0 spiro atoms. The van der Waals surface area contributed by atoms with Gasteiger partial charge in [-0.2, -0.15) is 0 Å². The number of halogens is 4. The summed E-state index contributed by atoms with van der Waals surface area (Å²) in [6.07, 6.45) is -1.10. The number of ether oxygens (including phenoxy) is 2. The van der Waals surface area contributed by atoms with Crippen molar-refractivity contribution in [1.82, 2.24) is 0 Å². The van der Waals surface area contributed by atoms with Crippen LogP contribution in [0, 0.1) is 34.1 Å². The summed E-state index contributed by atoms with van der Waals surface area (Å²) >= 11 is 0. The first-order valence-electron chi connectivity index (χ1n) is 11.7. The molecule has 0 aromatic heterocycles. The Morgan fingerprint density at radius 2 is 1.18 bits per heavy atom. The second-order valence-corrected chi connectivity index (χ2v) is 10.7. The molecule has 0 aliphatic rings. The van der Waals surface area contributed by atoms with E-state index in [2.05, 4.69) is 10.6 Å². The van der Waals surface area contributed by atoms with Crippen LogP contribution in [0.15, 0.2) is 18.2 Å². The van der Waals surface area contributed by atoms with Gasteiger partial charge >= 0.3 is 0 Å². The summed E-state index contributed by atoms with van der Waals surface area (Å²) in [5.74, 6) is -9.71. The van der Waals surface area contributed by atoms with E-state index in [1.165, 1.54) is 48.7 Å². The summed E-state index contributed by atoms with van der Waals surface area (Å²) in [6, 6.07) is 1.62. The third kappa shape index (κ3) is 7.62. The largest absolute Gasteiger partial charge is 0.464 e. The predicted octanol–water partition coefficient (Wildman–Crippen LogP) is 5.65. The normalized spacial score (nSPS) is 11.7. The predicted molar refractivity (Wildman–Crippen MR) is 135 cm³/mol. The van der Waals surface area contributed by atoms with E-state index < -0.39 is 98.9 Å². The zero-order valence-electron chi connectivity index (χ0n) is 22.6. The van der Waals surface area contributed by atoms with Crippen molar-refractivity contribution in [3.63, 3.8) is 0 Å². The summed E-state index contributed by atoms with van der Waals surface area (Å²) in [7, 11) is 1.20. The molecule has 2 N–H and O–H groups in total. The van der Waals surface area contributed by atoms with Crippen molar-refractivity contribution in [1.29, 1.82) is 0 Å². The minimum Gasteiger partial charge on any atom is -0.464 e. The Kier molecular flexibility index (Phi) is 9.61. The first-order chi connectivity index (χ1) is 17.9. The van der Waals surface area contributed by atoms with E-state index in [1.54, 1.807) is 0 Å². The minimum atomic E-state index is -1.32. The summed E-state index contributed by atoms with van der Waals surface area (Å²) in [5, 5.41) is 4.33. The molecule has 0 saturated heterocycles. The second-order valence-electron chi connectivity index (χ2n) is 10.7. The van der Waals surface area contributed by atoms with E-state index in [1.807, 2.05) is 0 Å². The summed E-state index contributed by atoms with van der Waals surface area (Å²) in [4.78, 5) is 50.7. The van der Waals surface area contributed by atoms with Crippen molar-refractivity contribution in [2.45, 2.75) is 48.0 Å². The van der Waals surface area contributed by atoms with E-state index in [0.717, 1.165) is 0 Å². The summed E-state index contributed by atoms with van der Waals surface area (Å²) in [6.45, 7) is 8.54. The van der Waals surface area contributed by atoms with Gasteiger partial charge < -0.3 is 20.1 Å². The number of hydrogen-bond donors (Lipinski definition) is 2. The molecule has 0 unspecified atom stereocenters. The van der Waals surface area contributed by atoms with Crippen LogP contribution in [0.25, 0.3) is 0 Å². The quantitative estimate of drug-likeness (QED) is 0.179. The van der Waals surface area contributed by atoms with Crippen LogP contribution in [-0.4, -0.2) is 37.3 Å². The van der Waals surface area contributed by atoms with Crippen LogP contribution < -0.4 is 15.4 Å². The van der Waals surface area contributed by atoms with E-state index in [0.29, 0.717) is 18.2 Å². The highest BCUT2D eigenvalue weighted by Crippen LogP contribution is 2.35. The highest BCUT2D eigenvalue weighted by atomic mass is 19.1. The number of amides is 2. The standard InChI is InChI=1S/C27H30F4N2O6/c1-26(2,3)24(36)32-21-14(28)8-13(9-15(21)29)18(34)11-19(35)20-22(33-25(37)27(4,5)6)16(30)10-17(31)23(20)39-12-38-7/h8-10H,11-12H2,1-7H3,(H,32,36)(H,33,37). The molecule has 0 radical (unpaired) electrons. The minimum absolute atomic E-state index is 0.386. The molecule has 0 saturated carbocycles. The third-order valence-corrected chi connectivity index (χ3v) is 5.31. The van der Waals surface area contributed by atoms with Gasteiger partial charge in [0.15, 0.2) is 35.7 Å². The Morgan fingerprint density at radius 1 is 0.718 bits per heavy atom. The molecular weight excluding hydrogens is 524 g/mol. The lowest BCUT2D eigenvalue weighted by Gasteiger charge is -2.21. The molecule has 0 aliphatic carbocycles. The number of nitrogens with one attached hydrogen (secondary N) is 2. The van der Waals surface area contributed by atoms with Crippen molar-refractivity contribution >= 4 is 34.8 Å². The average Bonchev–Trinajstić information content (AvgIpc) is 2.80. The number of ketones is 2. The van der Waals surface area contributed by atoms with Gasteiger partial charge in [0.1, 0.15) is 17.3 Å². The number of carbonyl (C=O) groups excluding carboxylic acids is 4. The number of carbonyl (C=O) groups is 4. The van der Waals surface area contributed by atoms with Crippen molar-refractivity contribution in [3.8, 4) is 5.75 Å². The summed E-state index contributed by atoms with van der Waals surface area (Å²) in [5.41, 5.74) is -4.92. The molecule has 212 valence electrons. The number of benzene rings is 2. The van der Waals surface area contributed by atoms with Gasteiger partial charge in [-0.15, -0.1) is 0 Å². The first-order valence-corrected chi connectivity index (χ1v) is 11.7. The molecule has 0 atom stereocenters. The average molecular weight is 555 g/mol. The van der Waals surface area contributed by atoms with Crippen molar-refractivity contribution in [3.05, 3.63) is 52.6 Å². The highest BCUT2D eigenvalue weighted by Gasteiger charge is 2.31. The number of rotatable bonds is 9. The van der Waals surface area contributed by atoms with Crippen LogP contribution >= 0.6 is 0 Å². The maximum Gasteiger partial charge on any atom is 0.229 e. The number of anilines is 2. The molecule has 39 heavy (non-hydrogen) atoms. The molecule has 2 rings (SSSR count). The van der Waals surface area contributed by atoms with Crippen LogP contribution in [0.1, 0.15) is 68.7 Å². The Hall–Kier alpha value is -3.80. The summed E-state index contributed by atoms with van der Waals surface area (Å²) < 4.78 is 68.5. The van der Waals surface area contributed by atoms with Gasteiger partial charge in [0.2, 0.25) is 11.8 Å². The SMILES string of the molecule is COCOc1c(F)cc(F)c(NC(=O)C(C)(C)C)c1C(=O)CC(=O)c1cc(F)c(NC(=O)C(C)(C)C)c(F)c1. The zero-order valence-corrected chi connectivity index (χ0v) is 22.6. The molecule has 0 bridgehead atoms.